The number of piperazine rings is 1. The van der Waals surface area contributed by atoms with Gasteiger partial charge in [0.15, 0.2) is 0 Å². The fourth-order valence-corrected chi connectivity index (χ4v) is 5.02. The van der Waals surface area contributed by atoms with Crippen molar-refractivity contribution >= 4 is 39.3 Å². The normalized spacial score (nSPS) is 16.8. The molecule has 0 saturated carbocycles. The van der Waals surface area contributed by atoms with Gasteiger partial charge in [-0.15, -0.1) is 11.3 Å². The van der Waals surface area contributed by atoms with E-state index in [1.807, 2.05) is 36.4 Å². The highest BCUT2D eigenvalue weighted by Crippen LogP contribution is 2.25. The number of hydrogen-bond donors (Lipinski definition) is 1. The number of nitrogens with one attached hydrogen (secondary N) is 1. The molecule has 2 saturated heterocycles. The third-order valence-corrected chi connectivity index (χ3v) is 7.02. The molecule has 5 rings (SSSR count). The Morgan fingerprint density at radius 3 is 1.97 bits per heavy atom. The predicted molar refractivity (Wildman–Crippen MR) is 133 cm³/mol. The predicted octanol–water partition coefficient (Wildman–Crippen LogP) is 4.16. The molecule has 1 aromatic heterocycles. The molecule has 0 spiro atoms. The van der Waals surface area contributed by atoms with E-state index in [1.54, 1.807) is 11.3 Å². The van der Waals surface area contributed by atoms with Crippen LogP contribution in [-0.4, -0.2) is 58.4 Å². The Hall–Kier alpha value is -3.03. The molecule has 0 radical (unpaired) electrons. The molecule has 0 aliphatic carbocycles. The lowest BCUT2D eigenvalue weighted by Crippen LogP contribution is -2.46. The molecule has 3 heterocycles. The standard InChI is InChI=1S/C25H28N4O2S/c30-25(20-3-7-22(8-4-20)28-15-17-31-18-16-28)26-21-5-9-23(10-6-21)27-11-13-29(14-12-27)24-2-1-19-32-24/h1-10,19H,11-18H2,(H,26,30). The monoisotopic (exact) mass is 448 g/mol. The number of nitrogens with zero attached hydrogens (tertiary/aromatic N) is 3. The van der Waals surface area contributed by atoms with Crippen molar-refractivity contribution in [3.05, 3.63) is 71.6 Å². The van der Waals surface area contributed by atoms with Crippen LogP contribution in [0.1, 0.15) is 10.4 Å². The third-order valence-electron chi connectivity index (χ3n) is 6.09. The molecule has 32 heavy (non-hydrogen) atoms. The molecule has 2 aliphatic heterocycles. The van der Waals surface area contributed by atoms with Crippen molar-refractivity contribution < 1.29 is 9.53 Å². The van der Waals surface area contributed by atoms with Crippen molar-refractivity contribution in [2.75, 3.05) is 72.5 Å². The van der Waals surface area contributed by atoms with Crippen LogP contribution in [0.25, 0.3) is 0 Å². The highest BCUT2D eigenvalue weighted by Gasteiger charge is 2.18. The van der Waals surface area contributed by atoms with E-state index in [2.05, 4.69) is 49.7 Å². The van der Waals surface area contributed by atoms with E-state index in [9.17, 15) is 4.79 Å². The summed E-state index contributed by atoms with van der Waals surface area (Å²) in [7, 11) is 0. The molecule has 0 bridgehead atoms. The molecule has 6 nitrogen and oxygen atoms in total. The quantitative estimate of drug-likeness (QED) is 0.635. The number of amides is 1. The maximum atomic E-state index is 12.7. The Balaban J connectivity index is 1.15. The molecule has 166 valence electrons. The summed E-state index contributed by atoms with van der Waals surface area (Å²) in [6.45, 7) is 7.34. The van der Waals surface area contributed by atoms with Crippen LogP contribution in [0.5, 0.6) is 0 Å². The number of hydrogen-bond acceptors (Lipinski definition) is 6. The lowest BCUT2D eigenvalue weighted by molar-refractivity contribution is 0.102. The Labute approximate surface area is 193 Å². The smallest absolute Gasteiger partial charge is 0.255 e. The Morgan fingerprint density at radius 1 is 0.750 bits per heavy atom. The van der Waals surface area contributed by atoms with Gasteiger partial charge in [-0.1, -0.05) is 0 Å². The zero-order valence-corrected chi connectivity index (χ0v) is 18.9. The lowest BCUT2D eigenvalue weighted by Gasteiger charge is -2.36. The Morgan fingerprint density at radius 2 is 1.34 bits per heavy atom. The van der Waals surface area contributed by atoms with Crippen LogP contribution in [0.3, 0.4) is 0 Å². The average molecular weight is 449 g/mol. The van der Waals surface area contributed by atoms with Crippen molar-refractivity contribution in [3.8, 4) is 0 Å². The molecule has 1 N–H and O–H groups in total. The van der Waals surface area contributed by atoms with Gasteiger partial charge in [0.2, 0.25) is 0 Å². The zero-order chi connectivity index (χ0) is 21.8. The minimum absolute atomic E-state index is 0.0872. The highest BCUT2D eigenvalue weighted by molar-refractivity contribution is 7.14. The van der Waals surface area contributed by atoms with E-state index in [1.165, 1.54) is 10.7 Å². The molecular weight excluding hydrogens is 420 g/mol. The van der Waals surface area contributed by atoms with Gasteiger partial charge in [0.1, 0.15) is 0 Å². The summed E-state index contributed by atoms with van der Waals surface area (Å²) in [6.07, 6.45) is 0. The molecule has 2 aliphatic rings. The fraction of sp³-hybridized carbons (Fsp3) is 0.320. The van der Waals surface area contributed by atoms with Gasteiger partial charge in [0.05, 0.1) is 18.2 Å². The van der Waals surface area contributed by atoms with Gasteiger partial charge in [0.25, 0.3) is 5.91 Å². The van der Waals surface area contributed by atoms with Crippen molar-refractivity contribution in [2.24, 2.45) is 0 Å². The zero-order valence-electron chi connectivity index (χ0n) is 18.1. The molecule has 0 atom stereocenters. The molecule has 0 unspecified atom stereocenters. The fourth-order valence-electron chi connectivity index (χ4n) is 4.24. The van der Waals surface area contributed by atoms with Crippen LogP contribution >= 0.6 is 11.3 Å². The van der Waals surface area contributed by atoms with Gasteiger partial charge < -0.3 is 24.8 Å². The number of thiophene rings is 1. The first-order chi connectivity index (χ1) is 15.8. The maximum absolute atomic E-state index is 12.7. The van der Waals surface area contributed by atoms with Crippen LogP contribution in [0.4, 0.5) is 22.1 Å². The highest BCUT2D eigenvalue weighted by atomic mass is 32.1. The van der Waals surface area contributed by atoms with Crippen LogP contribution < -0.4 is 20.0 Å². The minimum Gasteiger partial charge on any atom is -0.378 e. The van der Waals surface area contributed by atoms with Crippen LogP contribution in [0, 0.1) is 0 Å². The summed E-state index contributed by atoms with van der Waals surface area (Å²) in [6, 6.07) is 20.3. The Bertz CT molecular complexity index is 1010. The summed E-state index contributed by atoms with van der Waals surface area (Å²) in [4.78, 5) is 19.8. The summed E-state index contributed by atoms with van der Waals surface area (Å²) >= 11 is 1.80. The minimum atomic E-state index is -0.0872. The molecule has 2 fully saturated rings. The van der Waals surface area contributed by atoms with Gasteiger partial charge in [-0.3, -0.25) is 4.79 Å². The van der Waals surface area contributed by atoms with Crippen LogP contribution in [0.15, 0.2) is 66.0 Å². The number of benzene rings is 2. The lowest BCUT2D eigenvalue weighted by atomic mass is 10.1. The number of carbonyl (C=O) groups excluding carboxylic acids is 1. The topological polar surface area (TPSA) is 48.1 Å². The second-order valence-electron chi connectivity index (χ2n) is 8.07. The van der Waals surface area contributed by atoms with Crippen LogP contribution in [0.2, 0.25) is 0 Å². The molecule has 3 aromatic rings. The average Bonchev–Trinajstić information content (AvgIpc) is 3.40. The summed E-state index contributed by atoms with van der Waals surface area (Å²) in [5.74, 6) is -0.0872. The number of carbonyl (C=O) groups is 1. The van der Waals surface area contributed by atoms with Gasteiger partial charge in [0, 0.05) is 61.9 Å². The van der Waals surface area contributed by atoms with Gasteiger partial charge in [-0.25, -0.2) is 0 Å². The largest absolute Gasteiger partial charge is 0.378 e. The first-order valence-electron chi connectivity index (χ1n) is 11.1. The van der Waals surface area contributed by atoms with E-state index in [0.717, 1.165) is 63.9 Å². The molecule has 2 aromatic carbocycles. The third kappa shape index (κ3) is 4.74. The van der Waals surface area contributed by atoms with Gasteiger partial charge in [-0.05, 0) is 66.0 Å². The number of ether oxygens (including phenoxy) is 1. The van der Waals surface area contributed by atoms with E-state index < -0.39 is 0 Å². The van der Waals surface area contributed by atoms with E-state index in [4.69, 9.17) is 4.74 Å². The number of rotatable bonds is 5. The first kappa shape index (κ1) is 20.8. The summed E-state index contributed by atoms with van der Waals surface area (Å²) in [5, 5.41) is 6.50. The van der Waals surface area contributed by atoms with Crippen molar-refractivity contribution in [1.29, 1.82) is 0 Å². The SMILES string of the molecule is O=C(Nc1ccc(N2CCN(c3cccs3)CC2)cc1)c1ccc(N2CCOCC2)cc1. The molecule has 7 heteroatoms. The van der Waals surface area contributed by atoms with Crippen molar-refractivity contribution in [1.82, 2.24) is 0 Å². The van der Waals surface area contributed by atoms with Crippen molar-refractivity contribution in [3.63, 3.8) is 0 Å². The second-order valence-corrected chi connectivity index (χ2v) is 9.00. The van der Waals surface area contributed by atoms with E-state index >= 15 is 0 Å². The number of morpholine rings is 1. The molecule has 1 amide bonds. The first-order valence-corrected chi connectivity index (χ1v) is 12.0. The van der Waals surface area contributed by atoms with Crippen LogP contribution in [-0.2, 0) is 4.74 Å². The van der Waals surface area contributed by atoms with Gasteiger partial charge >= 0.3 is 0 Å². The summed E-state index contributed by atoms with van der Waals surface area (Å²) in [5.41, 5.74) is 3.81. The van der Waals surface area contributed by atoms with Crippen molar-refractivity contribution in [2.45, 2.75) is 0 Å². The maximum Gasteiger partial charge on any atom is 0.255 e. The Kier molecular flexibility index (Phi) is 6.27. The molecular formula is C25H28N4O2S. The second kappa shape index (κ2) is 9.63. The van der Waals surface area contributed by atoms with E-state index in [0.29, 0.717) is 5.56 Å². The van der Waals surface area contributed by atoms with E-state index in [-0.39, 0.29) is 5.91 Å². The summed E-state index contributed by atoms with van der Waals surface area (Å²) < 4.78 is 5.41. The number of anilines is 4. The van der Waals surface area contributed by atoms with Gasteiger partial charge in [-0.2, -0.15) is 0 Å².